The molecule has 4 aromatic rings. The third-order valence-electron chi connectivity index (χ3n) is 7.79. The topological polar surface area (TPSA) is 345 Å². The Labute approximate surface area is 277 Å². The zero-order chi connectivity index (χ0) is 35.5. The van der Waals surface area contributed by atoms with Crippen LogP contribution in [-0.4, -0.2) is 117 Å². The molecule has 27 heteroatoms. The Morgan fingerprint density at radius 3 is 2.42 bits per heavy atom. The highest BCUT2D eigenvalue weighted by molar-refractivity contribution is 7.48. The first-order chi connectivity index (χ1) is 23.7. The number of aromatic nitrogens is 8. The Balaban J connectivity index is 1.25. The molecule has 3 fully saturated rings. The normalized spacial score (nSPS) is 35.0. The van der Waals surface area contributed by atoms with Crippen LogP contribution in [0.2, 0.25) is 0 Å². The van der Waals surface area contributed by atoms with Crippen molar-refractivity contribution in [2.24, 2.45) is 0 Å². The van der Waals surface area contributed by atoms with Gasteiger partial charge in [0, 0.05) is 6.92 Å². The number of aliphatic hydroxyl groups excluding tert-OH is 2. The van der Waals surface area contributed by atoms with Crippen LogP contribution in [0.1, 0.15) is 19.4 Å². The van der Waals surface area contributed by atoms with Crippen LogP contribution in [0, 0.1) is 0 Å². The first-order valence-electron chi connectivity index (χ1n) is 14.4. The zero-order valence-corrected chi connectivity index (χ0v) is 27.2. The zero-order valence-electron chi connectivity index (χ0n) is 25.4. The van der Waals surface area contributed by atoms with Crippen LogP contribution in [-0.2, 0) is 50.8 Å². The molecule has 50 heavy (non-hydrogen) atoms. The van der Waals surface area contributed by atoms with Crippen molar-refractivity contribution in [1.82, 2.24) is 39.0 Å². The summed E-state index contributed by atoms with van der Waals surface area (Å²) in [5.74, 6) is -1.10. The molecule has 25 nitrogen and oxygen atoms in total. The lowest BCUT2D eigenvalue weighted by Gasteiger charge is -2.27. The summed E-state index contributed by atoms with van der Waals surface area (Å²) in [6, 6.07) is 0. The molecular formula is C23H28N10O15P2. The fourth-order valence-corrected chi connectivity index (χ4v) is 7.73. The van der Waals surface area contributed by atoms with E-state index in [1.807, 2.05) is 0 Å². The summed E-state index contributed by atoms with van der Waals surface area (Å²) < 4.78 is 73.4. The van der Waals surface area contributed by atoms with E-state index in [1.165, 1.54) is 10.9 Å². The Bertz CT molecular complexity index is 2090. The molecule has 0 spiro atoms. The van der Waals surface area contributed by atoms with Crippen molar-refractivity contribution < 1.29 is 65.9 Å². The summed E-state index contributed by atoms with van der Waals surface area (Å²) in [5.41, 5.74) is 10.8. The SMILES string of the molecule is CC(=O)OCOP1(=O)OC[C@H]2O[C@@H](n3cnc4c(N)ncnc43)C(O)C2OP(=O)(O)OC[C@H]2O[C@@H](n3cnc4c(=O)[nH]c(N)nc43)C(O1)C2O. The second-order valence-electron chi connectivity index (χ2n) is 11.0. The van der Waals surface area contributed by atoms with E-state index in [0.717, 1.165) is 24.1 Å². The van der Waals surface area contributed by atoms with Crippen LogP contribution in [0.25, 0.3) is 22.3 Å². The summed E-state index contributed by atoms with van der Waals surface area (Å²) >= 11 is 0. The van der Waals surface area contributed by atoms with Crippen LogP contribution in [0.15, 0.2) is 23.8 Å². The van der Waals surface area contributed by atoms with E-state index < -0.39 is 96.3 Å². The number of hydrogen-bond donors (Lipinski definition) is 6. The van der Waals surface area contributed by atoms with E-state index in [1.54, 1.807) is 0 Å². The van der Waals surface area contributed by atoms with Gasteiger partial charge in [-0.3, -0.25) is 41.8 Å². The van der Waals surface area contributed by atoms with Gasteiger partial charge in [0.05, 0.1) is 25.9 Å². The Morgan fingerprint density at radius 1 is 0.960 bits per heavy atom. The summed E-state index contributed by atoms with van der Waals surface area (Å²) in [6.07, 6.45) is -9.47. The molecule has 0 amide bonds. The average Bonchev–Trinajstić information content (AvgIpc) is 3.80. The third-order valence-corrected chi connectivity index (χ3v) is 10.2. The number of anilines is 2. The summed E-state index contributed by atoms with van der Waals surface area (Å²) in [7, 11) is -10.1. The van der Waals surface area contributed by atoms with Gasteiger partial charge < -0.3 is 40.8 Å². The van der Waals surface area contributed by atoms with Crippen LogP contribution in [0.3, 0.4) is 0 Å². The molecule has 7 heterocycles. The molecule has 4 aromatic heterocycles. The molecule has 0 aliphatic carbocycles. The van der Waals surface area contributed by atoms with Crippen LogP contribution >= 0.6 is 15.6 Å². The first kappa shape index (κ1) is 34.5. The van der Waals surface area contributed by atoms with E-state index >= 15 is 0 Å². The second-order valence-corrected chi connectivity index (χ2v) is 14.0. The number of phosphoric acid groups is 2. The summed E-state index contributed by atoms with van der Waals surface area (Å²) in [5, 5.41) is 22.6. The number of imidazole rings is 2. The standard InChI is InChI=1S/C23H28N10O15P2/c1-8(34)41-7-44-50(40)43-3-10-15(14(36)21(46-10)32-5-28-11-17(24)26-4-27-18(11)32)47-49(38,39)42-2-9-13(35)16(48-50)22(45-9)33-6-29-12-19(33)30-23(25)31-20(12)37/h4-6,9-10,13-16,21-22,35-36H,2-3,7H2,1H3,(H,38,39)(H2,24,26,27)(H3,25,30,31,37)/t9-,10-,13?,14?,15?,16?,21-,22-,50?/m1/s1. The number of nitrogen functional groups attached to an aromatic ring is 2. The number of aromatic amines is 1. The molecule has 270 valence electrons. The van der Waals surface area contributed by atoms with Gasteiger partial charge in [-0.1, -0.05) is 0 Å². The van der Waals surface area contributed by atoms with Crippen molar-refractivity contribution in [3.05, 3.63) is 29.3 Å². The van der Waals surface area contributed by atoms with Crippen LogP contribution in [0.5, 0.6) is 0 Å². The van der Waals surface area contributed by atoms with Crippen molar-refractivity contribution in [2.45, 2.75) is 56.0 Å². The van der Waals surface area contributed by atoms with Gasteiger partial charge in [-0.05, 0) is 0 Å². The number of carbonyl (C=O) groups excluding carboxylic acids is 1. The van der Waals surface area contributed by atoms with Gasteiger partial charge in [-0.15, -0.1) is 0 Å². The Morgan fingerprint density at radius 2 is 1.66 bits per heavy atom. The maximum Gasteiger partial charge on any atom is 0.478 e. The minimum absolute atomic E-state index is 0.0201. The van der Waals surface area contributed by atoms with E-state index in [2.05, 4.69) is 29.9 Å². The maximum absolute atomic E-state index is 14.2. The minimum Gasteiger partial charge on any atom is -0.438 e. The predicted octanol–water partition coefficient (Wildman–Crippen LogP) is -1.80. The van der Waals surface area contributed by atoms with Gasteiger partial charge in [-0.2, -0.15) is 4.98 Å². The van der Waals surface area contributed by atoms with Crippen molar-refractivity contribution in [2.75, 3.05) is 31.5 Å². The number of phosphoric ester groups is 2. The van der Waals surface area contributed by atoms with E-state index in [-0.39, 0.29) is 34.1 Å². The number of fused-ring (bicyclic) bond motifs is 5. The van der Waals surface area contributed by atoms with Crippen LogP contribution in [0.4, 0.5) is 11.8 Å². The quantitative estimate of drug-likeness (QED) is 0.0745. The number of carbonyl (C=O) groups is 1. The monoisotopic (exact) mass is 746 g/mol. The second kappa shape index (κ2) is 13.0. The fourth-order valence-electron chi connectivity index (χ4n) is 5.53. The van der Waals surface area contributed by atoms with Crippen molar-refractivity contribution in [1.29, 1.82) is 0 Å². The third kappa shape index (κ3) is 6.38. The average molecular weight is 746 g/mol. The fraction of sp³-hybridized carbons (Fsp3) is 0.522. The maximum atomic E-state index is 14.2. The van der Waals surface area contributed by atoms with Crippen molar-refractivity contribution >= 4 is 55.7 Å². The van der Waals surface area contributed by atoms with Gasteiger partial charge in [0.1, 0.15) is 48.5 Å². The lowest BCUT2D eigenvalue weighted by molar-refractivity contribution is -0.149. The summed E-state index contributed by atoms with van der Waals surface area (Å²) in [6.45, 7) is -1.58. The molecule has 6 unspecified atom stereocenters. The molecule has 3 aliphatic heterocycles. The number of ether oxygens (including phenoxy) is 3. The highest BCUT2D eigenvalue weighted by Gasteiger charge is 2.54. The molecule has 7 rings (SSSR count). The van der Waals surface area contributed by atoms with Gasteiger partial charge >= 0.3 is 21.6 Å². The molecule has 8 N–H and O–H groups in total. The van der Waals surface area contributed by atoms with Crippen molar-refractivity contribution in [3.63, 3.8) is 0 Å². The lowest BCUT2D eigenvalue weighted by Crippen LogP contribution is -2.36. The van der Waals surface area contributed by atoms with Gasteiger partial charge in [0.15, 0.2) is 35.1 Å². The molecule has 0 saturated carbocycles. The number of nitrogens with two attached hydrogens (primary N) is 2. The smallest absolute Gasteiger partial charge is 0.438 e. The minimum atomic E-state index is -5.12. The number of hydrogen-bond acceptors (Lipinski definition) is 21. The lowest BCUT2D eigenvalue weighted by atomic mass is 10.1. The molecular weight excluding hydrogens is 718 g/mol. The molecule has 0 radical (unpaired) electrons. The number of rotatable bonds is 5. The highest BCUT2D eigenvalue weighted by atomic mass is 31.2. The Hall–Kier alpha value is -3.97. The number of aliphatic hydroxyl groups is 2. The Kier molecular flexibility index (Phi) is 8.95. The van der Waals surface area contributed by atoms with Crippen molar-refractivity contribution in [3.8, 4) is 0 Å². The number of esters is 1. The first-order valence-corrected chi connectivity index (χ1v) is 17.4. The summed E-state index contributed by atoms with van der Waals surface area (Å²) in [4.78, 5) is 57.0. The largest absolute Gasteiger partial charge is 0.478 e. The van der Waals surface area contributed by atoms with Gasteiger partial charge in [0.2, 0.25) is 12.7 Å². The van der Waals surface area contributed by atoms with Gasteiger partial charge in [-0.25, -0.2) is 33.6 Å². The number of nitrogens with one attached hydrogen (secondary N) is 1. The molecule has 0 aromatic carbocycles. The molecule has 2 bridgehead atoms. The van der Waals surface area contributed by atoms with E-state index in [9.17, 15) is 33.8 Å². The molecule has 10 atom stereocenters. The van der Waals surface area contributed by atoms with Gasteiger partial charge in [0.25, 0.3) is 5.56 Å². The predicted molar refractivity (Wildman–Crippen MR) is 159 cm³/mol. The van der Waals surface area contributed by atoms with Crippen LogP contribution < -0.4 is 17.0 Å². The van der Waals surface area contributed by atoms with E-state index in [4.69, 9.17) is 48.3 Å². The number of nitrogens with zero attached hydrogens (tertiary/aromatic N) is 7. The van der Waals surface area contributed by atoms with E-state index in [0.29, 0.717) is 0 Å². The molecule has 3 saturated heterocycles. The highest BCUT2D eigenvalue weighted by Crippen LogP contribution is 2.56. The number of H-pyrrole nitrogens is 1. The molecule has 3 aliphatic rings.